The van der Waals surface area contributed by atoms with E-state index in [0.29, 0.717) is 6.42 Å². The van der Waals surface area contributed by atoms with Crippen LogP contribution in [-0.4, -0.2) is 56.5 Å². The molecule has 5 heteroatoms. The molecule has 3 nitrogen and oxygen atoms in total. The molecule has 0 spiro atoms. The van der Waals surface area contributed by atoms with Crippen LogP contribution in [0, 0.1) is 0 Å². The fourth-order valence-corrected chi connectivity index (χ4v) is 1.10. The van der Waals surface area contributed by atoms with Crippen LogP contribution in [0.5, 0.6) is 0 Å². The Morgan fingerprint density at radius 3 is 2.00 bits per heavy atom. The van der Waals surface area contributed by atoms with Crippen LogP contribution in [-0.2, 0) is 10.1 Å². The standard InChI is InChI=1S/C5H12O3S.C3H6.Ca.2H/c1-2-3-4-5-9(6,7)8;1-3-2;;;/h2-5H2,1H3,(H,6,7,8);3H,1H2,2H3;;;. The van der Waals surface area contributed by atoms with Crippen molar-refractivity contribution < 1.29 is 13.0 Å². The summed E-state index contributed by atoms with van der Waals surface area (Å²) in [5.41, 5.74) is 0. The van der Waals surface area contributed by atoms with E-state index < -0.39 is 10.1 Å². The van der Waals surface area contributed by atoms with Gasteiger partial charge in [-0.15, -0.1) is 6.58 Å². The zero-order valence-electron chi connectivity index (χ0n) is 7.78. The van der Waals surface area contributed by atoms with Gasteiger partial charge in [-0.3, -0.25) is 4.55 Å². The summed E-state index contributed by atoms with van der Waals surface area (Å²) in [6.45, 7) is 7.23. The van der Waals surface area contributed by atoms with Crippen LogP contribution < -0.4 is 0 Å². The van der Waals surface area contributed by atoms with Gasteiger partial charge in [-0.1, -0.05) is 25.8 Å². The number of allylic oxidation sites excluding steroid dienone is 1. The molecule has 0 fully saturated rings. The molecule has 78 valence electrons. The Morgan fingerprint density at radius 2 is 1.77 bits per heavy atom. The van der Waals surface area contributed by atoms with E-state index in [0.717, 1.165) is 12.8 Å². The first kappa shape index (κ1) is 19.5. The molecular weight excluding hydrogens is 216 g/mol. The van der Waals surface area contributed by atoms with Gasteiger partial charge in [0.25, 0.3) is 10.1 Å². The Hall–Kier alpha value is 0.910. The van der Waals surface area contributed by atoms with Crippen LogP contribution in [0.4, 0.5) is 0 Å². The van der Waals surface area contributed by atoms with Crippen LogP contribution in [0.3, 0.4) is 0 Å². The SMILES string of the molecule is C=CC.CCCCCS(=O)(=O)O.[CaH2]. The molecule has 1 N–H and O–H groups in total. The van der Waals surface area contributed by atoms with Crippen molar-refractivity contribution in [2.75, 3.05) is 5.75 Å². The van der Waals surface area contributed by atoms with Crippen LogP contribution in [0.15, 0.2) is 12.7 Å². The summed E-state index contributed by atoms with van der Waals surface area (Å²) in [6.07, 6.45) is 4.14. The molecule has 0 aromatic heterocycles. The van der Waals surface area contributed by atoms with E-state index in [1.54, 1.807) is 6.08 Å². The maximum absolute atomic E-state index is 10.1. The van der Waals surface area contributed by atoms with Crippen molar-refractivity contribution in [3.05, 3.63) is 12.7 Å². The monoisotopic (exact) mass is 236 g/mol. The van der Waals surface area contributed by atoms with E-state index in [9.17, 15) is 8.42 Å². The molecule has 0 rings (SSSR count). The second-order valence-corrected chi connectivity index (χ2v) is 3.97. The van der Waals surface area contributed by atoms with E-state index >= 15 is 0 Å². The van der Waals surface area contributed by atoms with E-state index in [1.807, 2.05) is 13.8 Å². The normalized spacial score (nSPS) is 9.15. The van der Waals surface area contributed by atoms with Crippen LogP contribution >= 0.6 is 0 Å². The molecule has 0 atom stereocenters. The maximum atomic E-state index is 10.1. The molecule has 0 aromatic carbocycles. The minimum atomic E-state index is -3.70. The predicted octanol–water partition coefficient (Wildman–Crippen LogP) is 1.34. The Kier molecular flexibility index (Phi) is 19.3. The van der Waals surface area contributed by atoms with Gasteiger partial charge in [0, 0.05) is 0 Å². The third-order valence-corrected chi connectivity index (χ3v) is 1.81. The van der Waals surface area contributed by atoms with Crippen molar-refractivity contribution in [2.24, 2.45) is 0 Å². The zero-order valence-corrected chi connectivity index (χ0v) is 8.60. The second kappa shape index (κ2) is 12.9. The van der Waals surface area contributed by atoms with Gasteiger partial charge < -0.3 is 0 Å². The Labute approximate surface area is 111 Å². The van der Waals surface area contributed by atoms with Crippen LogP contribution in [0.2, 0.25) is 0 Å². The van der Waals surface area contributed by atoms with Crippen molar-refractivity contribution >= 4 is 47.9 Å². The summed E-state index contributed by atoms with van der Waals surface area (Å²) >= 11 is 0. The van der Waals surface area contributed by atoms with E-state index in [4.69, 9.17) is 4.55 Å². The van der Waals surface area contributed by atoms with Gasteiger partial charge in [-0.2, -0.15) is 8.42 Å². The number of hydrogen-bond acceptors (Lipinski definition) is 2. The summed E-state index contributed by atoms with van der Waals surface area (Å²) in [6, 6.07) is 0. The van der Waals surface area contributed by atoms with Crippen LogP contribution in [0.25, 0.3) is 0 Å². The van der Waals surface area contributed by atoms with Crippen molar-refractivity contribution in [3.8, 4) is 0 Å². The molecule has 0 bridgehead atoms. The first-order chi connectivity index (χ1) is 5.47. The van der Waals surface area contributed by atoms with Crippen molar-refractivity contribution in [3.63, 3.8) is 0 Å². The number of unbranched alkanes of at least 4 members (excludes halogenated alkanes) is 2. The molecule has 0 unspecified atom stereocenters. The van der Waals surface area contributed by atoms with Crippen molar-refractivity contribution in [2.45, 2.75) is 33.1 Å². The molecule has 0 saturated carbocycles. The molecular formula is C8H20CaO3S. The first-order valence-corrected chi connectivity index (χ1v) is 5.61. The topological polar surface area (TPSA) is 54.4 Å². The molecule has 0 radical (unpaired) electrons. The van der Waals surface area contributed by atoms with Gasteiger partial charge in [-0.05, 0) is 13.3 Å². The van der Waals surface area contributed by atoms with Gasteiger partial charge in [0.05, 0.1) is 5.75 Å². The average Bonchev–Trinajstić information content (AvgIpc) is 1.87. The summed E-state index contributed by atoms with van der Waals surface area (Å²) in [5, 5.41) is 0. The third kappa shape index (κ3) is 32.2. The Morgan fingerprint density at radius 1 is 1.38 bits per heavy atom. The average molecular weight is 236 g/mol. The third-order valence-electron chi connectivity index (χ3n) is 1.01. The molecule has 0 heterocycles. The quantitative estimate of drug-likeness (QED) is 0.347. The molecule has 0 aliphatic heterocycles. The Balaban J connectivity index is -0.000000220. The fraction of sp³-hybridized carbons (Fsp3) is 0.750. The van der Waals surface area contributed by atoms with Crippen molar-refractivity contribution in [1.29, 1.82) is 0 Å². The minimum absolute atomic E-state index is 0. The molecule has 0 aliphatic carbocycles. The van der Waals surface area contributed by atoms with Gasteiger partial charge in [0.15, 0.2) is 0 Å². The second-order valence-electron chi connectivity index (χ2n) is 2.40. The molecule has 13 heavy (non-hydrogen) atoms. The van der Waals surface area contributed by atoms with E-state index in [2.05, 4.69) is 6.58 Å². The van der Waals surface area contributed by atoms with Crippen LogP contribution in [0.1, 0.15) is 33.1 Å². The summed E-state index contributed by atoms with van der Waals surface area (Å²) < 4.78 is 28.3. The fourth-order valence-electron chi connectivity index (χ4n) is 0.534. The van der Waals surface area contributed by atoms with Gasteiger partial charge >= 0.3 is 37.7 Å². The van der Waals surface area contributed by atoms with E-state index in [1.165, 1.54) is 0 Å². The Bertz CT molecular complexity index is 188. The zero-order chi connectivity index (χ0) is 10.0. The predicted molar refractivity (Wildman–Crippen MR) is 60.4 cm³/mol. The molecule has 0 amide bonds. The van der Waals surface area contributed by atoms with Crippen molar-refractivity contribution in [1.82, 2.24) is 0 Å². The van der Waals surface area contributed by atoms with Gasteiger partial charge in [0.1, 0.15) is 0 Å². The van der Waals surface area contributed by atoms with Gasteiger partial charge in [-0.25, -0.2) is 0 Å². The molecule has 0 aliphatic rings. The molecule has 0 aromatic rings. The number of rotatable bonds is 4. The first-order valence-electron chi connectivity index (χ1n) is 4.00. The van der Waals surface area contributed by atoms with Gasteiger partial charge in [0.2, 0.25) is 0 Å². The summed E-state index contributed by atoms with van der Waals surface area (Å²) in [7, 11) is -3.70. The van der Waals surface area contributed by atoms with E-state index in [-0.39, 0.29) is 43.5 Å². The summed E-state index contributed by atoms with van der Waals surface area (Å²) in [4.78, 5) is 0. The summed E-state index contributed by atoms with van der Waals surface area (Å²) in [5.74, 6) is -0.0964. The molecule has 0 saturated heterocycles. The number of hydrogen-bond donors (Lipinski definition) is 1.